The molecule has 2 N–H and O–H groups in total. The molecule has 0 spiro atoms. The fourth-order valence-electron chi connectivity index (χ4n) is 1.35. The molecule has 0 aliphatic carbocycles. The Balaban J connectivity index is 2.40. The Morgan fingerprint density at radius 1 is 1.31 bits per heavy atom. The Morgan fingerprint density at radius 3 is 2.44 bits per heavy atom. The van der Waals surface area contributed by atoms with E-state index in [0.717, 1.165) is 10.6 Å². The number of hydrogen-bond donors (Lipinski definition) is 2. The molecule has 0 saturated heterocycles. The third-order valence-corrected chi connectivity index (χ3v) is 3.23. The summed E-state index contributed by atoms with van der Waals surface area (Å²) in [6.07, 6.45) is 0. The van der Waals surface area contributed by atoms with E-state index in [9.17, 15) is 4.39 Å². The zero-order valence-electron chi connectivity index (χ0n) is 9.61. The molecular weight excluding hydrogens is 225 g/mol. The molecule has 4 heteroatoms. The molecule has 0 heterocycles. The summed E-state index contributed by atoms with van der Waals surface area (Å²) >= 11 is 1.61. The number of hydrogen-bond acceptors (Lipinski definition) is 3. The number of nitrogens with one attached hydrogen (secondary N) is 1. The number of aliphatic hydroxyl groups excluding tert-OH is 1. The molecule has 0 aromatic heterocycles. The molecule has 0 saturated carbocycles. The fraction of sp³-hybridized carbons (Fsp3) is 0.500. The second kappa shape index (κ2) is 6.89. The molecule has 16 heavy (non-hydrogen) atoms. The lowest BCUT2D eigenvalue weighted by Crippen LogP contribution is -2.39. The minimum absolute atomic E-state index is 0.0788. The molecular formula is C12H18FNOS. The SMILES string of the molecule is CC(C)NC(CO)CSc1ccc(F)cc1. The van der Waals surface area contributed by atoms with Crippen molar-refractivity contribution in [1.82, 2.24) is 5.32 Å². The van der Waals surface area contributed by atoms with E-state index in [0.29, 0.717) is 6.04 Å². The molecule has 0 aliphatic heterocycles. The quantitative estimate of drug-likeness (QED) is 0.752. The summed E-state index contributed by atoms with van der Waals surface area (Å²) in [6, 6.07) is 6.84. The summed E-state index contributed by atoms with van der Waals surface area (Å²) in [5.74, 6) is 0.559. The van der Waals surface area contributed by atoms with Crippen LogP contribution in [0.25, 0.3) is 0 Å². The lowest BCUT2D eigenvalue weighted by molar-refractivity contribution is 0.247. The van der Waals surface area contributed by atoms with E-state index in [1.165, 1.54) is 12.1 Å². The van der Waals surface area contributed by atoms with Crippen molar-refractivity contribution in [3.63, 3.8) is 0 Å². The fourth-order valence-corrected chi connectivity index (χ4v) is 2.28. The van der Waals surface area contributed by atoms with Gasteiger partial charge in [0.1, 0.15) is 5.82 Å². The van der Waals surface area contributed by atoms with Crippen LogP contribution in [-0.4, -0.2) is 29.5 Å². The van der Waals surface area contributed by atoms with Crippen LogP contribution in [0.1, 0.15) is 13.8 Å². The van der Waals surface area contributed by atoms with Crippen molar-refractivity contribution < 1.29 is 9.50 Å². The predicted molar refractivity (Wildman–Crippen MR) is 66.3 cm³/mol. The van der Waals surface area contributed by atoms with Crippen LogP contribution in [0.4, 0.5) is 4.39 Å². The molecule has 0 amide bonds. The summed E-state index contributed by atoms with van der Waals surface area (Å²) in [6.45, 7) is 4.21. The third-order valence-electron chi connectivity index (χ3n) is 2.05. The lowest BCUT2D eigenvalue weighted by atomic mass is 10.3. The predicted octanol–water partition coefficient (Wildman–Crippen LogP) is 2.28. The maximum atomic E-state index is 12.7. The Bertz CT molecular complexity index is 302. The zero-order chi connectivity index (χ0) is 12.0. The Hall–Kier alpha value is -0.580. The van der Waals surface area contributed by atoms with E-state index in [1.54, 1.807) is 23.9 Å². The summed E-state index contributed by atoms with van der Waals surface area (Å²) in [5, 5.41) is 12.4. The molecule has 90 valence electrons. The van der Waals surface area contributed by atoms with Crippen LogP contribution in [-0.2, 0) is 0 Å². The Kier molecular flexibility index (Phi) is 5.80. The van der Waals surface area contributed by atoms with Gasteiger partial charge in [0, 0.05) is 22.7 Å². The molecule has 2 nitrogen and oxygen atoms in total. The first-order valence-corrected chi connectivity index (χ1v) is 6.35. The molecule has 1 unspecified atom stereocenters. The Morgan fingerprint density at radius 2 is 1.94 bits per heavy atom. The summed E-state index contributed by atoms with van der Waals surface area (Å²) in [7, 11) is 0. The van der Waals surface area contributed by atoms with Crippen LogP contribution >= 0.6 is 11.8 Å². The van der Waals surface area contributed by atoms with Gasteiger partial charge in [-0.05, 0) is 24.3 Å². The van der Waals surface area contributed by atoms with Gasteiger partial charge in [-0.25, -0.2) is 4.39 Å². The summed E-state index contributed by atoms with van der Waals surface area (Å²) in [4.78, 5) is 1.02. The van der Waals surface area contributed by atoms with Crippen molar-refractivity contribution in [3.05, 3.63) is 30.1 Å². The van der Waals surface area contributed by atoms with Gasteiger partial charge in [0.2, 0.25) is 0 Å². The average Bonchev–Trinajstić information content (AvgIpc) is 2.26. The van der Waals surface area contributed by atoms with Crippen LogP contribution in [0.15, 0.2) is 29.2 Å². The van der Waals surface area contributed by atoms with Gasteiger partial charge in [0.15, 0.2) is 0 Å². The Labute approximate surface area is 100 Å². The highest BCUT2D eigenvalue weighted by atomic mass is 32.2. The van der Waals surface area contributed by atoms with E-state index in [1.807, 2.05) is 13.8 Å². The third kappa shape index (κ3) is 4.96. The first kappa shape index (κ1) is 13.5. The molecule has 1 aromatic carbocycles. The maximum Gasteiger partial charge on any atom is 0.123 e. The lowest BCUT2D eigenvalue weighted by Gasteiger charge is -2.18. The van der Waals surface area contributed by atoms with E-state index in [4.69, 9.17) is 5.11 Å². The van der Waals surface area contributed by atoms with E-state index >= 15 is 0 Å². The van der Waals surface area contributed by atoms with E-state index in [2.05, 4.69) is 5.32 Å². The first-order valence-electron chi connectivity index (χ1n) is 5.37. The molecule has 0 radical (unpaired) electrons. The molecule has 1 rings (SSSR count). The largest absolute Gasteiger partial charge is 0.395 e. The number of aliphatic hydroxyl groups is 1. The van der Waals surface area contributed by atoms with Gasteiger partial charge in [-0.1, -0.05) is 13.8 Å². The van der Waals surface area contributed by atoms with Crippen LogP contribution in [0.2, 0.25) is 0 Å². The second-order valence-electron chi connectivity index (χ2n) is 3.97. The normalized spacial score (nSPS) is 13.1. The van der Waals surface area contributed by atoms with Gasteiger partial charge in [-0.3, -0.25) is 0 Å². The van der Waals surface area contributed by atoms with Gasteiger partial charge in [-0.15, -0.1) is 11.8 Å². The molecule has 0 bridgehead atoms. The summed E-state index contributed by atoms with van der Waals surface area (Å²) < 4.78 is 12.7. The minimum atomic E-state index is -0.219. The van der Waals surface area contributed by atoms with Gasteiger partial charge in [0.05, 0.1) is 6.61 Å². The minimum Gasteiger partial charge on any atom is -0.395 e. The first-order chi connectivity index (χ1) is 7.61. The van der Waals surface area contributed by atoms with Crippen molar-refractivity contribution in [3.8, 4) is 0 Å². The molecule has 0 aliphatic rings. The highest BCUT2D eigenvalue weighted by Crippen LogP contribution is 2.18. The summed E-state index contributed by atoms with van der Waals surface area (Å²) in [5.41, 5.74) is 0. The monoisotopic (exact) mass is 243 g/mol. The van der Waals surface area contributed by atoms with Crippen LogP contribution < -0.4 is 5.32 Å². The van der Waals surface area contributed by atoms with Gasteiger partial charge in [0.25, 0.3) is 0 Å². The number of thioether (sulfide) groups is 1. The van der Waals surface area contributed by atoms with Gasteiger partial charge < -0.3 is 10.4 Å². The van der Waals surface area contributed by atoms with E-state index in [-0.39, 0.29) is 18.5 Å². The van der Waals surface area contributed by atoms with Crippen molar-refractivity contribution in [2.45, 2.75) is 30.8 Å². The molecule has 0 fully saturated rings. The molecule has 1 atom stereocenters. The standard InChI is InChI=1S/C12H18FNOS/c1-9(2)14-11(7-15)8-16-12-5-3-10(13)4-6-12/h3-6,9,11,14-15H,7-8H2,1-2H3. The average molecular weight is 243 g/mol. The van der Waals surface area contributed by atoms with E-state index < -0.39 is 0 Å². The van der Waals surface area contributed by atoms with Crippen LogP contribution in [0.5, 0.6) is 0 Å². The highest BCUT2D eigenvalue weighted by molar-refractivity contribution is 7.99. The van der Waals surface area contributed by atoms with Crippen molar-refractivity contribution >= 4 is 11.8 Å². The van der Waals surface area contributed by atoms with Crippen LogP contribution in [0, 0.1) is 5.82 Å². The second-order valence-corrected chi connectivity index (χ2v) is 5.06. The van der Waals surface area contributed by atoms with Crippen molar-refractivity contribution in [1.29, 1.82) is 0 Å². The van der Waals surface area contributed by atoms with Gasteiger partial charge in [-0.2, -0.15) is 0 Å². The topological polar surface area (TPSA) is 32.3 Å². The number of halogens is 1. The zero-order valence-corrected chi connectivity index (χ0v) is 10.4. The van der Waals surface area contributed by atoms with Crippen molar-refractivity contribution in [2.24, 2.45) is 0 Å². The van der Waals surface area contributed by atoms with Gasteiger partial charge >= 0.3 is 0 Å². The highest BCUT2D eigenvalue weighted by Gasteiger charge is 2.08. The number of rotatable bonds is 6. The molecule has 1 aromatic rings. The van der Waals surface area contributed by atoms with Crippen LogP contribution in [0.3, 0.4) is 0 Å². The smallest absolute Gasteiger partial charge is 0.123 e. The maximum absolute atomic E-state index is 12.7. The number of benzene rings is 1. The van der Waals surface area contributed by atoms with Crippen molar-refractivity contribution in [2.75, 3.05) is 12.4 Å².